The standard InChI is InChI=1S/C21H23Cl2NO5/c1-20(2,3)29-19(27)21(24,18(25)26)11-13-7-9-14(10-8-13)28-12-15-16(22)5-4-6-17(15)23/h4-10H,11-12,24H2,1-3H3,(H,25,26). The number of esters is 1. The van der Waals surface area contributed by atoms with Crippen molar-refractivity contribution in [3.05, 3.63) is 63.6 Å². The largest absolute Gasteiger partial charge is 0.489 e. The van der Waals surface area contributed by atoms with E-state index >= 15 is 0 Å². The van der Waals surface area contributed by atoms with Crippen molar-refractivity contribution in [2.24, 2.45) is 5.73 Å². The molecular formula is C21H23Cl2NO5. The van der Waals surface area contributed by atoms with Gasteiger partial charge in [0.15, 0.2) is 0 Å². The first-order valence-electron chi connectivity index (χ1n) is 8.83. The number of aliphatic carboxylic acids is 1. The highest BCUT2D eigenvalue weighted by Crippen LogP contribution is 2.26. The maximum Gasteiger partial charge on any atom is 0.338 e. The number of hydrogen-bond donors (Lipinski definition) is 2. The molecule has 1 unspecified atom stereocenters. The maximum absolute atomic E-state index is 12.3. The van der Waals surface area contributed by atoms with Gasteiger partial charge in [0, 0.05) is 22.0 Å². The highest BCUT2D eigenvalue weighted by Gasteiger charge is 2.45. The number of rotatable bonds is 7. The molecule has 2 rings (SSSR count). The Labute approximate surface area is 179 Å². The van der Waals surface area contributed by atoms with Gasteiger partial charge in [0.2, 0.25) is 5.54 Å². The quantitative estimate of drug-likeness (QED) is 0.494. The first-order chi connectivity index (χ1) is 13.4. The molecule has 8 heteroatoms. The number of nitrogens with two attached hydrogens (primary N) is 1. The Bertz CT molecular complexity index is 873. The van der Waals surface area contributed by atoms with Crippen molar-refractivity contribution in [3.8, 4) is 5.75 Å². The molecule has 1 atom stereocenters. The third kappa shape index (κ3) is 6.10. The molecule has 0 aromatic heterocycles. The molecule has 0 fully saturated rings. The Morgan fingerprint density at radius 2 is 1.59 bits per heavy atom. The van der Waals surface area contributed by atoms with Crippen molar-refractivity contribution >= 4 is 35.1 Å². The van der Waals surface area contributed by atoms with E-state index in [1.165, 1.54) is 0 Å². The summed E-state index contributed by atoms with van der Waals surface area (Å²) in [5, 5.41) is 10.5. The van der Waals surface area contributed by atoms with Crippen LogP contribution in [0.1, 0.15) is 31.9 Å². The van der Waals surface area contributed by atoms with E-state index in [1.54, 1.807) is 63.2 Å². The minimum absolute atomic E-state index is 0.172. The lowest BCUT2D eigenvalue weighted by Crippen LogP contribution is -2.58. The van der Waals surface area contributed by atoms with Crippen LogP contribution in [-0.4, -0.2) is 28.2 Å². The van der Waals surface area contributed by atoms with Crippen molar-refractivity contribution in [2.45, 2.75) is 44.9 Å². The van der Waals surface area contributed by atoms with Gasteiger partial charge in [-0.15, -0.1) is 0 Å². The van der Waals surface area contributed by atoms with Crippen LogP contribution in [0.5, 0.6) is 5.75 Å². The molecule has 2 aromatic rings. The van der Waals surface area contributed by atoms with Crippen LogP contribution in [0.15, 0.2) is 42.5 Å². The summed E-state index contributed by atoms with van der Waals surface area (Å²) in [6, 6.07) is 11.8. The lowest BCUT2D eigenvalue weighted by Gasteiger charge is -2.28. The maximum atomic E-state index is 12.3. The van der Waals surface area contributed by atoms with Gasteiger partial charge in [-0.25, -0.2) is 9.59 Å². The lowest BCUT2D eigenvalue weighted by molar-refractivity contribution is -0.169. The van der Waals surface area contributed by atoms with Gasteiger partial charge in [0.1, 0.15) is 18.0 Å². The summed E-state index contributed by atoms with van der Waals surface area (Å²) in [6.45, 7) is 5.10. The number of carboxylic acids is 1. The fourth-order valence-electron chi connectivity index (χ4n) is 2.46. The molecular weight excluding hydrogens is 417 g/mol. The molecule has 156 valence electrons. The van der Waals surface area contributed by atoms with Crippen LogP contribution in [0.25, 0.3) is 0 Å². The van der Waals surface area contributed by atoms with E-state index in [4.69, 9.17) is 38.4 Å². The molecule has 3 N–H and O–H groups in total. The van der Waals surface area contributed by atoms with Crippen LogP contribution >= 0.6 is 23.2 Å². The van der Waals surface area contributed by atoms with E-state index in [0.29, 0.717) is 26.9 Å². The third-order valence-corrected chi connectivity index (χ3v) is 4.70. The Balaban J connectivity index is 2.10. The zero-order valence-electron chi connectivity index (χ0n) is 16.4. The van der Waals surface area contributed by atoms with E-state index in [-0.39, 0.29) is 13.0 Å². The summed E-state index contributed by atoms with van der Waals surface area (Å²) in [5.41, 5.74) is 4.06. The molecule has 0 radical (unpaired) electrons. The van der Waals surface area contributed by atoms with Gasteiger partial charge in [-0.3, -0.25) is 0 Å². The monoisotopic (exact) mass is 439 g/mol. The van der Waals surface area contributed by atoms with Crippen molar-refractivity contribution in [2.75, 3.05) is 0 Å². The lowest BCUT2D eigenvalue weighted by atomic mass is 9.91. The molecule has 0 heterocycles. The molecule has 0 aliphatic rings. The second-order valence-electron chi connectivity index (χ2n) is 7.59. The Morgan fingerprint density at radius 1 is 1.03 bits per heavy atom. The Morgan fingerprint density at radius 3 is 2.07 bits per heavy atom. The van der Waals surface area contributed by atoms with Gasteiger partial charge in [0.05, 0.1) is 0 Å². The van der Waals surface area contributed by atoms with Crippen LogP contribution in [0.3, 0.4) is 0 Å². The summed E-state index contributed by atoms with van der Waals surface area (Å²) in [6.07, 6.45) is -0.228. The summed E-state index contributed by atoms with van der Waals surface area (Å²) in [4.78, 5) is 24.0. The van der Waals surface area contributed by atoms with Crippen molar-refractivity contribution in [3.63, 3.8) is 0 Å². The smallest absolute Gasteiger partial charge is 0.338 e. The average molecular weight is 440 g/mol. The SMILES string of the molecule is CC(C)(C)OC(=O)C(N)(Cc1ccc(OCc2c(Cl)cccc2Cl)cc1)C(=O)O. The number of ether oxygens (including phenoxy) is 2. The fraction of sp³-hybridized carbons (Fsp3) is 0.333. The van der Waals surface area contributed by atoms with Crippen LogP contribution in [-0.2, 0) is 27.4 Å². The molecule has 0 amide bonds. The van der Waals surface area contributed by atoms with Gasteiger partial charge in [0.25, 0.3) is 0 Å². The van der Waals surface area contributed by atoms with E-state index in [0.717, 1.165) is 0 Å². The number of carbonyl (C=O) groups is 2. The highest BCUT2D eigenvalue weighted by atomic mass is 35.5. The first-order valence-corrected chi connectivity index (χ1v) is 9.58. The molecule has 6 nitrogen and oxygen atoms in total. The van der Waals surface area contributed by atoms with Crippen LogP contribution in [0, 0.1) is 0 Å². The van der Waals surface area contributed by atoms with Crippen LogP contribution in [0.2, 0.25) is 10.0 Å². The third-order valence-electron chi connectivity index (χ3n) is 4.00. The molecule has 29 heavy (non-hydrogen) atoms. The predicted molar refractivity (Wildman–Crippen MR) is 111 cm³/mol. The number of carboxylic acid groups (broad SMARTS) is 1. The zero-order valence-corrected chi connectivity index (χ0v) is 17.9. The number of carbonyl (C=O) groups excluding carboxylic acids is 1. The van der Waals surface area contributed by atoms with E-state index < -0.39 is 23.1 Å². The first kappa shape index (κ1) is 23.0. The van der Waals surface area contributed by atoms with Gasteiger partial charge >= 0.3 is 11.9 Å². The van der Waals surface area contributed by atoms with Crippen molar-refractivity contribution in [1.82, 2.24) is 0 Å². The summed E-state index contributed by atoms with van der Waals surface area (Å²) >= 11 is 12.2. The molecule has 0 bridgehead atoms. The van der Waals surface area contributed by atoms with Gasteiger partial charge in [-0.2, -0.15) is 0 Å². The normalized spacial score (nSPS) is 13.4. The number of hydrogen-bond acceptors (Lipinski definition) is 5. The molecule has 0 spiro atoms. The predicted octanol–water partition coefficient (Wildman–Crippen LogP) is 4.24. The van der Waals surface area contributed by atoms with E-state index in [1.807, 2.05) is 0 Å². The average Bonchev–Trinajstić information content (AvgIpc) is 2.61. The second-order valence-corrected chi connectivity index (χ2v) is 8.40. The van der Waals surface area contributed by atoms with Gasteiger partial charge < -0.3 is 20.3 Å². The van der Waals surface area contributed by atoms with E-state index in [9.17, 15) is 14.7 Å². The second kappa shape index (κ2) is 9.03. The Kier molecular flexibility index (Phi) is 7.16. The Hall–Kier alpha value is -2.28. The molecule has 0 saturated heterocycles. The highest BCUT2D eigenvalue weighted by molar-refractivity contribution is 6.35. The van der Waals surface area contributed by atoms with Gasteiger partial charge in [-0.1, -0.05) is 41.4 Å². The van der Waals surface area contributed by atoms with Crippen molar-refractivity contribution < 1.29 is 24.2 Å². The van der Waals surface area contributed by atoms with Crippen LogP contribution in [0.4, 0.5) is 0 Å². The molecule has 2 aromatic carbocycles. The summed E-state index contributed by atoms with van der Waals surface area (Å²) < 4.78 is 10.9. The van der Waals surface area contributed by atoms with Crippen molar-refractivity contribution in [1.29, 1.82) is 0 Å². The fourth-order valence-corrected chi connectivity index (χ4v) is 2.96. The summed E-state index contributed by atoms with van der Waals surface area (Å²) in [5.74, 6) is -1.92. The topological polar surface area (TPSA) is 98.9 Å². The number of halogens is 2. The molecule has 0 saturated carbocycles. The van der Waals surface area contributed by atoms with Gasteiger partial charge in [-0.05, 0) is 50.6 Å². The van der Waals surface area contributed by atoms with Crippen LogP contribution < -0.4 is 10.5 Å². The van der Waals surface area contributed by atoms with E-state index in [2.05, 4.69) is 0 Å². The zero-order chi connectivity index (χ0) is 21.8. The number of benzene rings is 2. The molecule has 0 aliphatic carbocycles. The minimum Gasteiger partial charge on any atom is -0.489 e. The molecule has 0 aliphatic heterocycles. The minimum atomic E-state index is -2.19. The summed E-state index contributed by atoms with van der Waals surface area (Å²) in [7, 11) is 0.